The van der Waals surface area contributed by atoms with E-state index >= 15 is 4.39 Å². The van der Waals surface area contributed by atoms with Gasteiger partial charge in [-0.3, -0.25) is 4.57 Å². The molecule has 0 unspecified atom stereocenters. The Morgan fingerprint density at radius 1 is 1.25 bits per heavy atom. The van der Waals surface area contributed by atoms with Gasteiger partial charge in [0.1, 0.15) is 17.6 Å². The minimum absolute atomic E-state index is 0.139. The second-order valence-electron chi connectivity index (χ2n) is 10.4. The van der Waals surface area contributed by atoms with Gasteiger partial charge in [0.15, 0.2) is 17.5 Å². The number of phenols is 1. The van der Waals surface area contributed by atoms with E-state index in [0.717, 1.165) is 30.0 Å². The maximum absolute atomic E-state index is 15.6. The summed E-state index contributed by atoms with van der Waals surface area (Å²) >= 11 is 0. The summed E-state index contributed by atoms with van der Waals surface area (Å²) in [7, 11) is 3.20. The van der Waals surface area contributed by atoms with Crippen LogP contribution in [-0.2, 0) is 7.05 Å². The van der Waals surface area contributed by atoms with Gasteiger partial charge in [0.05, 0.1) is 17.8 Å². The fraction of sp³-hybridized carbons (Fsp3) is 0.480. The molecule has 1 aromatic carbocycles. The van der Waals surface area contributed by atoms with Crippen molar-refractivity contribution in [1.82, 2.24) is 30.0 Å². The maximum atomic E-state index is 15.6. The SMILES string of the molecule is CN(c1cnc(-c2ccc(-c3nc(=O)n(C)cc3F)cc2O)nn1)[C@H]1C[C@]2(C)CCC[C@@](C)(N2)[C@H]1F. The highest BCUT2D eigenvalue weighted by Gasteiger charge is 2.53. The molecule has 5 rings (SSSR count). The van der Waals surface area contributed by atoms with Crippen molar-refractivity contribution in [3.8, 4) is 28.4 Å². The lowest BCUT2D eigenvalue weighted by atomic mass is 9.68. The van der Waals surface area contributed by atoms with Crippen molar-refractivity contribution < 1.29 is 13.9 Å². The molecule has 2 aliphatic heterocycles. The van der Waals surface area contributed by atoms with Gasteiger partial charge in [-0.2, -0.15) is 4.98 Å². The first-order valence-corrected chi connectivity index (χ1v) is 11.9. The van der Waals surface area contributed by atoms with Gasteiger partial charge in [0.25, 0.3) is 0 Å². The molecule has 9 nitrogen and oxygen atoms in total. The number of aryl methyl sites for hydroxylation is 1. The van der Waals surface area contributed by atoms with Crippen LogP contribution in [0, 0.1) is 5.82 Å². The van der Waals surface area contributed by atoms with Crippen molar-refractivity contribution in [3.05, 3.63) is 46.9 Å². The second-order valence-corrected chi connectivity index (χ2v) is 10.4. The summed E-state index contributed by atoms with van der Waals surface area (Å²) in [6, 6.07) is 3.95. The Hall–Kier alpha value is -3.47. The van der Waals surface area contributed by atoms with Gasteiger partial charge in [0.2, 0.25) is 0 Å². The fourth-order valence-corrected chi connectivity index (χ4v) is 5.65. The van der Waals surface area contributed by atoms with Crippen molar-refractivity contribution in [2.75, 3.05) is 11.9 Å². The van der Waals surface area contributed by atoms with Crippen LogP contribution >= 0.6 is 0 Å². The normalized spacial score (nSPS) is 27.6. The molecule has 2 aromatic heterocycles. The number of hydrogen-bond donors (Lipinski definition) is 2. The van der Waals surface area contributed by atoms with E-state index in [-0.39, 0.29) is 40.0 Å². The topological polar surface area (TPSA) is 109 Å². The van der Waals surface area contributed by atoms with Crippen LogP contribution in [0.4, 0.5) is 14.6 Å². The van der Waals surface area contributed by atoms with E-state index in [1.165, 1.54) is 31.4 Å². The highest BCUT2D eigenvalue weighted by atomic mass is 19.1. The minimum Gasteiger partial charge on any atom is -0.507 e. The second kappa shape index (κ2) is 8.58. The third kappa shape index (κ3) is 4.11. The van der Waals surface area contributed by atoms with Crippen LogP contribution in [0.5, 0.6) is 5.75 Å². The Labute approximate surface area is 207 Å². The number of rotatable bonds is 4. The summed E-state index contributed by atoms with van der Waals surface area (Å²) < 4.78 is 31.0. The Balaban J connectivity index is 1.39. The first-order valence-electron chi connectivity index (χ1n) is 11.9. The smallest absolute Gasteiger partial charge is 0.348 e. The number of fused-ring (bicyclic) bond motifs is 2. The maximum Gasteiger partial charge on any atom is 0.348 e. The summed E-state index contributed by atoms with van der Waals surface area (Å²) in [6.07, 6.45) is 4.87. The number of anilines is 1. The fourth-order valence-electron chi connectivity index (χ4n) is 5.65. The Kier molecular flexibility index (Phi) is 5.77. The van der Waals surface area contributed by atoms with Crippen LogP contribution in [0.15, 0.2) is 35.4 Å². The quantitative estimate of drug-likeness (QED) is 0.566. The van der Waals surface area contributed by atoms with Crippen molar-refractivity contribution in [2.24, 2.45) is 7.05 Å². The van der Waals surface area contributed by atoms with Gasteiger partial charge in [-0.05, 0) is 51.7 Å². The van der Waals surface area contributed by atoms with E-state index in [9.17, 15) is 14.3 Å². The molecule has 0 saturated carbocycles. The van der Waals surface area contributed by atoms with Crippen LogP contribution in [0.1, 0.15) is 39.5 Å². The first kappa shape index (κ1) is 24.2. The molecule has 36 heavy (non-hydrogen) atoms. The molecule has 0 amide bonds. The van der Waals surface area contributed by atoms with Gasteiger partial charge in [0, 0.05) is 36.9 Å². The minimum atomic E-state index is -1.09. The van der Waals surface area contributed by atoms with Crippen molar-refractivity contribution in [1.29, 1.82) is 0 Å². The highest BCUT2D eigenvalue weighted by molar-refractivity contribution is 5.71. The van der Waals surface area contributed by atoms with Crippen LogP contribution in [0.3, 0.4) is 0 Å². The van der Waals surface area contributed by atoms with E-state index in [4.69, 9.17) is 0 Å². The lowest BCUT2D eigenvalue weighted by molar-refractivity contribution is 0.00193. The van der Waals surface area contributed by atoms with E-state index in [1.54, 1.807) is 11.9 Å². The molecule has 2 saturated heterocycles. The molecule has 2 aliphatic rings. The zero-order valence-electron chi connectivity index (χ0n) is 20.7. The molecule has 11 heteroatoms. The monoisotopic (exact) mass is 497 g/mol. The molecule has 4 heterocycles. The third-order valence-electron chi connectivity index (χ3n) is 7.58. The number of aromatic nitrogens is 5. The average molecular weight is 498 g/mol. The number of nitrogens with zero attached hydrogens (tertiary/aromatic N) is 6. The first-order chi connectivity index (χ1) is 17.0. The molecule has 3 aromatic rings. The number of nitrogens with one attached hydrogen (secondary N) is 1. The van der Waals surface area contributed by atoms with E-state index in [1.807, 2.05) is 6.92 Å². The summed E-state index contributed by atoms with van der Waals surface area (Å²) in [4.78, 5) is 21.7. The summed E-state index contributed by atoms with van der Waals surface area (Å²) in [5.74, 6) is -0.314. The third-order valence-corrected chi connectivity index (χ3v) is 7.58. The van der Waals surface area contributed by atoms with Gasteiger partial charge in [-0.25, -0.2) is 18.6 Å². The molecule has 190 valence electrons. The standard InChI is InChI=1S/C25H29F2N7O2/c1-24-8-5-9-25(2,32-24)21(27)17(11-24)34(4)19-12-28-22(31-30-19)15-7-6-14(10-18(15)35)20-16(26)13-33(3)23(36)29-20/h6-7,10,12-13,17,21,32,35H,5,8-9,11H2,1-4H3/t17-,21-,24-,25+/m0/s1. The lowest BCUT2D eigenvalue weighted by Gasteiger charge is -2.56. The van der Waals surface area contributed by atoms with E-state index < -0.39 is 23.2 Å². The van der Waals surface area contributed by atoms with Crippen molar-refractivity contribution in [2.45, 2.75) is 62.8 Å². The molecule has 0 aliphatic carbocycles. The predicted molar refractivity (Wildman–Crippen MR) is 131 cm³/mol. The van der Waals surface area contributed by atoms with Gasteiger partial charge in [-0.15, -0.1) is 10.2 Å². The number of benzene rings is 1. The number of piperidine rings is 2. The Morgan fingerprint density at radius 3 is 2.72 bits per heavy atom. The number of halogens is 2. The van der Waals surface area contributed by atoms with Crippen LogP contribution in [-0.4, -0.2) is 60.2 Å². The van der Waals surface area contributed by atoms with Gasteiger partial charge < -0.3 is 15.3 Å². The van der Waals surface area contributed by atoms with Crippen molar-refractivity contribution in [3.63, 3.8) is 0 Å². The Morgan fingerprint density at radius 2 is 2.03 bits per heavy atom. The number of hydrogen-bond acceptors (Lipinski definition) is 8. The Bertz CT molecular complexity index is 1370. The van der Waals surface area contributed by atoms with Crippen LogP contribution in [0.25, 0.3) is 22.6 Å². The number of aromatic hydroxyl groups is 1. The number of phenolic OH excluding ortho intramolecular Hbond substituents is 1. The van der Waals surface area contributed by atoms with E-state index in [0.29, 0.717) is 12.2 Å². The lowest BCUT2D eigenvalue weighted by Crippen LogP contribution is -2.72. The van der Waals surface area contributed by atoms with Crippen molar-refractivity contribution >= 4 is 5.82 Å². The number of alkyl halides is 1. The molecule has 2 fully saturated rings. The largest absolute Gasteiger partial charge is 0.507 e. The molecule has 4 atom stereocenters. The molecule has 2 N–H and O–H groups in total. The molecular formula is C25H29F2N7O2. The van der Waals surface area contributed by atoms with E-state index in [2.05, 4.69) is 32.4 Å². The average Bonchev–Trinajstić information content (AvgIpc) is 2.83. The summed E-state index contributed by atoms with van der Waals surface area (Å²) in [5.41, 5.74) is -0.979. The molecule has 2 bridgehead atoms. The molecular weight excluding hydrogens is 468 g/mol. The summed E-state index contributed by atoms with van der Waals surface area (Å²) in [6.45, 7) is 4.09. The van der Waals surface area contributed by atoms with Crippen LogP contribution in [0.2, 0.25) is 0 Å². The molecule has 0 radical (unpaired) electrons. The zero-order valence-corrected chi connectivity index (χ0v) is 20.7. The van der Waals surface area contributed by atoms with Gasteiger partial charge >= 0.3 is 5.69 Å². The predicted octanol–water partition coefficient (Wildman–Crippen LogP) is 2.98. The zero-order chi connectivity index (χ0) is 25.8. The van der Waals surface area contributed by atoms with Gasteiger partial charge in [-0.1, -0.05) is 6.07 Å². The molecule has 0 spiro atoms. The highest BCUT2D eigenvalue weighted by Crippen LogP contribution is 2.43. The summed E-state index contributed by atoms with van der Waals surface area (Å²) in [5, 5.41) is 22.5. The van der Waals surface area contributed by atoms with Crippen LogP contribution < -0.4 is 15.9 Å².